The van der Waals surface area contributed by atoms with E-state index in [0.717, 1.165) is 33.0 Å². The molecule has 0 spiro atoms. The molecular weight excluding hydrogens is 388 g/mol. The van der Waals surface area contributed by atoms with Crippen molar-refractivity contribution in [2.45, 2.75) is 6.92 Å². The largest absolute Gasteiger partial charge is 0.483 e. The van der Waals surface area contributed by atoms with Crippen LogP contribution in [0.15, 0.2) is 89.3 Å². The van der Waals surface area contributed by atoms with Crippen LogP contribution in [0.2, 0.25) is 0 Å². The van der Waals surface area contributed by atoms with E-state index < -0.39 is 0 Å². The summed E-state index contributed by atoms with van der Waals surface area (Å²) in [5.41, 5.74) is 3.99. The predicted molar refractivity (Wildman–Crippen MR) is 122 cm³/mol. The maximum atomic E-state index is 12.4. The molecule has 0 radical (unpaired) electrons. The number of benzene rings is 4. The minimum Gasteiger partial charge on any atom is -0.483 e. The van der Waals surface area contributed by atoms with Gasteiger partial charge in [0, 0.05) is 16.6 Å². The van der Waals surface area contributed by atoms with Crippen LogP contribution in [0.4, 0.5) is 5.69 Å². The van der Waals surface area contributed by atoms with Crippen molar-refractivity contribution < 1.29 is 13.9 Å². The Morgan fingerprint density at radius 1 is 0.968 bits per heavy atom. The first-order valence-corrected chi connectivity index (χ1v) is 10.0. The van der Waals surface area contributed by atoms with Crippen molar-refractivity contribution in [1.29, 1.82) is 0 Å². The van der Waals surface area contributed by atoms with Crippen molar-refractivity contribution in [2.75, 3.05) is 11.9 Å². The Labute approximate surface area is 179 Å². The highest BCUT2D eigenvalue weighted by Crippen LogP contribution is 2.30. The monoisotopic (exact) mass is 408 g/mol. The molecule has 4 aromatic carbocycles. The second-order valence-corrected chi connectivity index (χ2v) is 7.34. The lowest BCUT2D eigenvalue weighted by atomic mass is 10.1. The zero-order valence-electron chi connectivity index (χ0n) is 17.0. The summed E-state index contributed by atoms with van der Waals surface area (Å²) in [6.07, 6.45) is 0. The second-order valence-electron chi connectivity index (χ2n) is 7.34. The first-order valence-electron chi connectivity index (χ1n) is 10.0. The van der Waals surface area contributed by atoms with Crippen LogP contribution in [0.25, 0.3) is 33.3 Å². The summed E-state index contributed by atoms with van der Waals surface area (Å²) in [6, 6.07) is 27.1. The molecule has 0 bridgehead atoms. The van der Waals surface area contributed by atoms with E-state index in [1.54, 1.807) is 0 Å². The van der Waals surface area contributed by atoms with Crippen LogP contribution < -0.4 is 10.1 Å². The molecule has 1 N–H and O–H groups in total. The molecule has 1 amide bonds. The van der Waals surface area contributed by atoms with Gasteiger partial charge in [0.25, 0.3) is 5.91 Å². The molecular formula is C26H20N2O3. The second kappa shape index (κ2) is 7.95. The highest BCUT2D eigenvalue weighted by Gasteiger charge is 2.12. The summed E-state index contributed by atoms with van der Waals surface area (Å²) < 4.78 is 11.6. The standard InChI is InChI=1S/C26H20N2O3/c1-17-7-2-5-12-22(17)30-16-24(29)27-20-10-6-9-19(15-20)26-28-25-21-11-4-3-8-18(21)13-14-23(25)31-26/h2-15H,16H2,1H3,(H,27,29). The number of nitrogens with one attached hydrogen (secondary N) is 1. The molecule has 1 heterocycles. The number of carbonyl (C=O) groups excluding carboxylic acids is 1. The summed E-state index contributed by atoms with van der Waals surface area (Å²) >= 11 is 0. The topological polar surface area (TPSA) is 64.4 Å². The summed E-state index contributed by atoms with van der Waals surface area (Å²) in [6.45, 7) is 1.88. The Morgan fingerprint density at radius 2 is 1.81 bits per heavy atom. The average molecular weight is 408 g/mol. The van der Waals surface area contributed by atoms with Gasteiger partial charge in [0.1, 0.15) is 11.3 Å². The van der Waals surface area contributed by atoms with E-state index >= 15 is 0 Å². The summed E-state index contributed by atoms with van der Waals surface area (Å²) in [5.74, 6) is 0.979. The SMILES string of the molecule is Cc1ccccc1OCC(=O)Nc1cccc(-c2nc3c(ccc4ccccc43)o2)c1. The van der Waals surface area contributed by atoms with Gasteiger partial charge in [0.05, 0.1) is 0 Å². The van der Waals surface area contributed by atoms with Crippen LogP contribution in [0.3, 0.4) is 0 Å². The summed E-state index contributed by atoms with van der Waals surface area (Å²) in [7, 11) is 0. The highest BCUT2D eigenvalue weighted by atomic mass is 16.5. The number of hydrogen-bond donors (Lipinski definition) is 1. The van der Waals surface area contributed by atoms with E-state index in [9.17, 15) is 4.79 Å². The fraction of sp³-hybridized carbons (Fsp3) is 0.0769. The number of para-hydroxylation sites is 1. The Balaban J connectivity index is 1.36. The molecule has 0 unspecified atom stereocenters. The molecule has 0 fully saturated rings. The van der Waals surface area contributed by atoms with Crippen LogP contribution in [-0.2, 0) is 4.79 Å². The molecule has 5 nitrogen and oxygen atoms in total. The number of fused-ring (bicyclic) bond motifs is 3. The molecule has 0 saturated heterocycles. The molecule has 0 aliphatic rings. The van der Waals surface area contributed by atoms with Gasteiger partial charge in [-0.05, 0) is 48.2 Å². The Kier molecular flexibility index (Phi) is 4.84. The normalized spacial score (nSPS) is 11.0. The van der Waals surface area contributed by atoms with Gasteiger partial charge in [-0.1, -0.05) is 54.6 Å². The predicted octanol–water partition coefficient (Wildman–Crippen LogP) is 5.97. The molecule has 5 aromatic rings. The number of ether oxygens (including phenoxy) is 1. The van der Waals surface area contributed by atoms with Crippen molar-refractivity contribution in [3.63, 3.8) is 0 Å². The maximum Gasteiger partial charge on any atom is 0.262 e. The van der Waals surface area contributed by atoms with Crippen LogP contribution in [0, 0.1) is 6.92 Å². The third kappa shape index (κ3) is 3.85. The minimum atomic E-state index is -0.232. The number of rotatable bonds is 5. The Morgan fingerprint density at radius 3 is 2.71 bits per heavy atom. The molecule has 5 heteroatoms. The van der Waals surface area contributed by atoms with Crippen LogP contribution in [0.5, 0.6) is 5.75 Å². The van der Waals surface area contributed by atoms with Crippen molar-refractivity contribution in [3.8, 4) is 17.2 Å². The van der Waals surface area contributed by atoms with Gasteiger partial charge in [-0.25, -0.2) is 4.98 Å². The zero-order valence-corrected chi connectivity index (χ0v) is 17.0. The van der Waals surface area contributed by atoms with Gasteiger partial charge in [0.2, 0.25) is 5.89 Å². The first-order chi connectivity index (χ1) is 15.2. The number of anilines is 1. The number of aromatic nitrogens is 1. The van der Waals surface area contributed by atoms with Gasteiger partial charge in [0.15, 0.2) is 12.2 Å². The van der Waals surface area contributed by atoms with Crippen molar-refractivity contribution in [2.24, 2.45) is 0 Å². The van der Waals surface area contributed by atoms with Crippen molar-refractivity contribution in [1.82, 2.24) is 4.98 Å². The number of carbonyl (C=O) groups is 1. The van der Waals surface area contributed by atoms with E-state index in [1.807, 2.05) is 85.8 Å². The number of hydrogen-bond acceptors (Lipinski definition) is 4. The number of amides is 1. The third-order valence-corrected chi connectivity index (χ3v) is 5.13. The van der Waals surface area contributed by atoms with Gasteiger partial charge in [-0.3, -0.25) is 4.79 Å². The summed E-state index contributed by atoms with van der Waals surface area (Å²) in [4.78, 5) is 17.1. The molecule has 152 valence electrons. The van der Waals surface area contributed by atoms with Gasteiger partial charge in [-0.15, -0.1) is 0 Å². The van der Waals surface area contributed by atoms with Gasteiger partial charge < -0.3 is 14.5 Å². The lowest BCUT2D eigenvalue weighted by Gasteiger charge is -2.09. The smallest absolute Gasteiger partial charge is 0.262 e. The highest BCUT2D eigenvalue weighted by molar-refractivity contribution is 6.04. The Hall–Kier alpha value is -4.12. The van der Waals surface area contributed by atoms with Crippen LogP contribution >= 0.6 is 0 Å². The van der Waals surface area contributed by atoms with E-state index in [1.165, 1.54) is 0 Å². The Bertz CT molecular complexity index is 1400. The van der Waals surface area contributed by atoms with E-state index in [2.05, 4.69) is 11.4 Å². The molecule has 5 rings (SSSR count). The fourth-order valence-corrected chi connectivity index (χ4v) is 3.57. The molecule has 0 aliphatic heterocycles. The van der Waals surface area contributed by atoms with E-state index in [4.69, 9.17) is 14.1 Å². The molecule has 0 saturated carbocycles. The molecule has 1 aromatic heterocycles. The quantitative estimate of drug-likeness (QED) is 0.389. The fourth-order valence-electron chi connectivity index (χ4n) is 3.57. The van der Waals surface area contributed by atoms with Crippen LogP contribution in [0.1, 0.15) is 5.56 Å². The molecule has 0 aliphatic carbocycles. The number of aryl methyl sites for hydroxylation is 1. The third-order valence-electron chi connectivity index (χ3n) is 5.13. The lowest BCUT2D eigenvalue weighted by Crippen LogP contribution is -2.20. The maximum absolute atomic E-state index is 12.4. The van der Waals surface area contributed by atoms with E-state index in [-0.39, 0.29) is 12.5 Å². The number of oxazole rings is 1. The lowest BCUT2D eigenvalue weighted by molar-refractivity contribution is -0.118. The van der Waals surface area contributed by atoms with Crippen molar-refractivity contribution >= 4 is 33.5 Å². The van der Waals surface area contributed by atoms with E-state index in [0.29, 0.717) is 17.3 Å². The van der Waals surface area contributed by atoms with Gasteiger partial charge in [-0.2, -0.15) is 0 Å². The molecule has 31 heavy (non-hydrogen) atoms. The molecule has 0 atom stereocenters. The first kappa shape index (κ1) is 18.9. The van der Waals surface area contributed by atoms with Crippen LogP contribution in [-0.4, -0.2) is 17.5 Å². The van der Waals surface area contributed by atoms with Crippen molar-refractivity contribution in [3.05, 3.63) is 90.5 Å². The average Bonchev–Trinajstić information content (AvgIpc) is 3.24. The zero-order chi connectivity index (χ0) is 21.2. The minimum absolute atomic E-state index is 0.0655. The summed E-state index contributed by atoms with van der Waals surface area (Å²) in [5, 5.41) is 5.04. The number of nitrogens with zero attached hydrogens (tertiary/aromatic N) is 1. The van der Waals surface area contributed by atoms with Gasteiger partial charge >= 0.3 is 0 Å².